The minimum absolute atomic E-state index is 0.195. The second kappa shape index (κ2) is 6.71. The zero-order valence-corrected chi connectivity index (χ0v) is 11.6. The average Bonchev–Trinajstić information content (AvgIpc) is 2.98. The maximum atomic E-state index is 9.94. The predicted molar refractivity (Wildman–Crippen MR) is 74.8 cm³/mol. The van der Waals surface area contributed by atoms with Crippen LogP contribution >= 0.6 is 11.3 Å². The molecule has 1 atom stereocenters. The van der Waals surface area contributed by atoms with E-state index in [0.29, 0.717) is 0 Å². The summed E-state index contributed by atoms with van der Waals surface area (Å²) in [6.07, 6.45) is 6.36. The summed E-state index contributed by atoms with van der Waals surface area (Å²) < 4.78 is 1.87. The van der Waals surface area contributed by atoms with Crippen molar-refractivity contribution in [2.75, 3.05) is 0 Å². The van der Waals surface area contributed by atoms with Crippen molar-refractivity contribution in [2.24, 2.45) is 7.05 Å². The van der Waals surface area contributed by atoms with Crippen LogP contribution < -0.4 is 0 Å². The van der Waals surface area contributed by atoms with Gasteiger partial charge in [-0.25, -0.2) is 0 Å². The largest absolute Gasteiger partial charge is 0.393 e. The number of hydrogen-bond acceptors (Lipinski definition) is 3. The molecule has 1 N–H and O–H groups in total. The van der Waals surface area contributed by atoms with E-state index in [-0.39, 0.29) is 6.10 Å². The Labute approximate surface area is 112 Å². The molecule has 0 aliphatic rings. The van der Waals surface area contributed by atoms with Gasteiger partial charge in [0.1, 0.15) is 0 Å². The molecule has 2 aromatic heterocycles. The molecule has 98 valence electrons. The lowest BCUT2D eigenvalue weighted by Crippen LogP contribution is -2.10. The van der Waals surface area contributed by atoms with Crippen LogP contribution in [0.3, 0.4) is 0 Å². The second-order valence-corrected chi connectivity index (χ2v) is 5.64. The zero-order chi connectivity index (χ0) is 12.8. The van der Waals surface area contributed by atoms with Gasteiger partial charge in [0.25, 0.3) is 0 Å². The van der Waals surface area contributed by atoms with Crippen LogP contribution in [0, 0.1) is 0 Å². The van der Waals surface area contributed by atoms with Crippen molar-refractivity contribution in [3.63, 3.8) is 0 Å². The van der Waals surface area contributed by atoms with Crippen molar-refractivity contribution in [3.8, 4) is 0 Å². The molecule has 0 bridgehead atoms. The van der Waals surface area contributed by atoms with Crippen molar-refractivity contribution in [1.82, 2.24) is 9.78 Å². The van der Waals surface area contributed by atoms with Gasteiger partial charge in [0, 0.05) is 23.8 Å². The molecule has 0 radical (unpaired) electrons. The first-order valence-corrected chi connectivity index (χ1v) is 7.31. The van der Waals surface area contributed by atoms with Crippen LogP contribution in [0.15, 0.2) is 29.8 Å². The minimum Gasteiger partial charge on any atom is -0.393 e. The number of aryl methyl sites for hydroxylation is 3. The zero-order valence-electron chi connectivity index (χ0n) is 10.7. The molecule has 2 rings (SSSR count). The van der Waals surface area contributed by atoms with Gasteiger partial charge >= 0.3 is 0 Å². The highest BCUT2D eigenvalue weighted by Gasteiger charge is 2.06. The summed E-state index contributed by atoms with van der Waals surface area (Å²) in [6.45, 7) is 0. The highest BCUT2D eigenvalue weighted by Crippen LogP contribution is 2.14. The normalized spacial score (nSPS) is 12.8. The Morgan fingerprint density at radius 1 is 1.33 bits per heavy atom. The summed E-state index contributed by atoms with van der Waals surface area (Å²) in [4.78, 5) is 1.41. The van der Waals surface area contributed by atoms with Crippen LogP contribution in [0.2, 0.25) is 0 Å². The highest BCUT2D eigenvalue weighted by atomic mass is 32.1. The molecule has 2 aromatic rings. The van der Waals surface area contributed by atoms with Crippen molar-refractivity contribution in [3.05, 3.63) is 40.3 Å². The molecule has 2 heterocycles. The summed E-state index contributed by atoms with van der Waals surface area (Å²) >= 11 is 1.79. The van der Waals surface area contributed by atoms with Crippen LogP contribution in [-0.4, -0.2) is 21.0 Å². The number of hydrogen-bond donors (Lipinski definition) is 1. The van der Waals surface area contributed by atoms with Crippen molar-refractivity contribution in [1.29, 1.82) is 0 Å². The fourth-order valence-corrected chi connectivity index (χ4v) is 2.82. The quantitative estimate of drug-likeness (QED) is 0.835. The van der Waals surface area contributed by atoms with Gasteiger partial charge in [-0.2, -0.15) is 5.10 Å². The Morgan fingerprint density at radius 2 is 2.22 bits per heavy atom. The standard InChI is InChI=1S/C14H20N2OS/c1-16-12(9-10-15-16)7-8-13(17)4-2-5-14-6-3-11-18-14/h3,6,9-11,13,17H,2,4-5,7-8H2,1H3. The Bertz CT molecular complexity index is 450. The highest BCUT2D eigenvalue weighted by molar-refractivity contribution is 7.09. The number of aromatic nitrogens is 2. The molecule has 4 heteroatoms. The van der Waals surface area contributed by atoms with Gasteiger partial charge in [-0.15, -0.1) is 11.3 Å². The Balaban J connectivity index is 1.63. The number of aliphatic hydroxyl groups excluding tert-OH is 1. The number of rotatable bonds is 7. The summed E-state index contributed by atoms with van der Waals surface area (Å²) in [6, 6.07) is 6.25. The first kappa shape index (κ1) is 13.3. The lowest BCUT2D eigenvalue weighted by molar-refractivity contribution is 0.152. The fourth-order valence-electron chi connectivity index (χ4n) is 2.07. The van der Waals surface area contributed by atoms with E-state index in [1.54, 1.807) is 17.5 Å². The maximum absolute atomic E-state index is 9.94. The monoisotopic (exact) mass is 264 g/mol. The van der Waals surface area contributed by atoms with Gasteiger partial charge in [-0.1, -0.05) is 6.07 Å². The Hall–Kier alpha value is -1.13. The molecule has 0 spiro atoms. The van der Waals surface area contributed by atoms with Crippen molar-refractivity contribution in [2.45, 2.75) is 38.2 Å². The predicted octanol–water partition coefficient (Wildman–Crippen LogP) is 2.80. The fraction of sp³-hybridized carbons (Fsp3) is 0.500. The number of aliphatic hydroxyl groups is 1. The summed E-state index contributed by atoms with van der Waals surface area (Å²) in [7, 11) is 1.94. The Morgan fingerprint density at radius 3 is 2.89 bits per heavy atom. The van der Waals surface area contributed by atoms with E-state index in [4.69, 9.17) is 0 Å². The number of nitrogens with zero attached hydrogens (tertiary/aromatic N) is 2. The second-order valence-electron chi connectivity index (χ2n) is 4.61. The summed E-state index contributed by atoms with van der Waals surface area (Å²) in [5.41, 5.74) is 1.19. The van der Waals surface area contributed by atoms with Crippen molar-refractivity contribution < 1.29 is 5.11 Å². The van der Waals surface area contributed by atoms with Gasteiger partial charge in [-0.05, 0) is 49.6 Å². The minimum atomic E-state index is -0.195. The molecule has 3 nitrogen and oxygen atoms in total. The first-order chi connectivity index (χ1) is 8.75. The molecular weight excluding hydrogens is 244 g/mol. The van der Waals surface area contributed by atoms with Crippen LogP contribution in [0.4, 0.5) is 0 Å². The molecule has 0 aromatic carbocycles. The van der Waals surface area contributed by atoms with Gasteiger partial charge in [0.05, 0.1) is 6.10 Å². The topological polar surface area (TPSA) is 38.0 Å². The lowest BCUT2D eigenvalue weighted by Gasteiger charge is -2.10. The third-order valence-corrected chi connectivity index (χ3v) is 4.13. The summed E-state index contributed by atoms with van der Waals surface area (Å²) in [5, 5.41) is 16.2. The Kier molecular flexibility index (Phi) is 4.96. The number of thiophene rings is 1. The van der Waals surface area contributed by atoms with Gasteiger partial charge < -0.3 is 5.11 Å². The third kappa shape index (κ3) is 3.96. The van der Waals surface area contributed by atoms with Crippen LogP contribution in [0.25, 0.3) is 0 Å². The van der Waals surface area contributed by atoms with Crippen LogP contribution in [0.5, 0.6) is 0 Å². The van der Waals surface area contributed by atoms with Gasteiger partial charge in [-0.3, -0.25) is 4.68 Å². The van der Waals surface area contributed by atoms with E-state index < -0.39 is 0 Å². The van der Waals surface area contributed by atoms with E-state index in [2.05, 4.69) is 22.6 Å². The lowest BCUT2D eigenvalue weighted by atomic mass is 10.1. The maximum Gasteiger partial charge on any atom is 0.0544 e. The van der Waals surface area contributed by atoms with Crippen LogP contribution in [-0.2, 0) is 19.9 Å². The van der Waals surface area contributed by atoms with E-state index >= 15 is 0 Å². The molecular formula is C14H20N2OS. The van der Waals surface area contributed by atoms with E-state index in [1.807, 2.05) is 17.8 Å². The smallest absolute Gasteiger partial charge is 0.0544 e. The van der Waals surface area contributed by atoms with Crippen molar-refractivity contribution >= 4 is 11.3 Å². The molecule has 0 fully saturated rings. The summed E-state index contributed by atoms with van der Waals surface area (Å²) in [5.74, 6) is 0. The molecule has 0 aliphatic carbocycles. The third-order valence-electron chi connectivity index (χ3n) is 3.20. The SMILES string of the molecule is Cn1nccc1CCC(O)CCCc1cccs1. The molecule has 0 saturated carbocycles. The molecule has 18 heavy (non-hydrogen) atoms. The molecule has 0 aliphatic heterocycles. The van der Waals surface area contributed by atoms with E-state index in [1.165, 1.54) is 10.6 Å². The first-order valence-electron chi connectivity index (χ1n) is 6.43. The van der Waals surface area contributed by atoms with Gasteiger partial charge in [0.15, 0.2) is 0 Å². The van der Waals surface area contributed by atoms with E-state index in [0.717, 1.165) is 32.1 Å². The van der Waals surface area contributed by atoms with Crippen LogP contribution in [0.1, 0.15) is 29.8 Å². The van der Waals surface area contributed by atoms with E-state index in [9.17, 15) is 5.11 Å². The average molecular weight is 264 g/mol. The van der Waals surface area contributed by atoms with Gasteiger partial charge in [0.2, 0.25) is 0 Å². The molecule has 0 saturated heterocycles. The molecule has 1 unspecified atom stereocenters. The molecule has 0 amide bonds.